The summed E-state index contributed by atoms with van der Waals surface area (Å²) in [4.78, 5) is 2.88. The van der Waals surface area contributed by atoms with Gasteiger partial charge < -0.3 is 28.4 Å². The van der Waals surface area contributed by atoms with Crippen LogP contribution in [0.1, 0.15) is 33.3 Å². The third-order valence-corrected chi connectivity index (χ3v) is 5.00. The number of azide groups is 1. The Morgan fingerprint density at radius 1 is 1.11 bits per heavy atom. The first-order valence-electron chi connectivity index (χ1n) is 9.35. The van der Waals surface area contributed by atoms with Gasteiger partial charge in [0.2, 0.25) is 0 Å². The highest BCUT2D eigenvalue weighted by atomic mass is 16.8. The van der Waals surface area contributed by atoms with Crippen LogP contribution in [-0.2, 0) is 35.0 Å². The van der Waals surface area contributed by atoms with Crippen LogP contribution in [0.5, 0.6) is 0 Å². The van der Waals surface area contributed by atoms with Crippen LogP contribution in [0.3, 0.4) is 0 Å². The maximum atomic E-state index is 8.77. The van der Waals surface area contributed by atoms with Crippen molar-refractivity contribution in [3.05, 3.63) is 40.3 Å². The second kappa shape index (κ2) is 7.27. The number of benzene rings is 1. The molecule has 0 aliphatic carbocycles. The normalized spacial score (nSPS) is 35.5. The third-order valence-electron chi connectivity index (χ3n) is 5.00. The van der Waals surface area contributed by atoms with Gasteiger partial charge in [-0.3, -0.25) is 0 Å². The molecule has 3 fully saturated rings. The highest BCUT2D eigenvalue weighted by Crippen LogP contribution is 2.42. The summed E-state index contributed by atoms with van der Waals surface area (Å²) in [7, 11) is 0. The Morgan fingerprint density at radius 2 is 1.89 bits per heavy atom. The lowest BCUT2D eigenvalue weighted by atomic mass is 10.1. The number of fused-ring (bicyclic) bond motifs is 1. The molecule has 3 saturated heterocycles. The Balaban J connectivity index is 1.53. The molecule has 3 aliphatic heterocycles. The fourth-order valence-electron chi connectivity index (χ4n) is 3.84. The summed E-state index contributed by atoms with van der Waals surface area (Å²) in [6, 6.07) is 7.29. The van der Waals surface area contributed by atoms with Crippen LogP contribution < -0.4 is 0 Å². The molecule has 0 unspecified atom stereocenters. The first kappa shape index (κ1) is 19.6. The molecule has 152 valence electrons. The van der Waals surface area contributed by atoms with Gasteiger partial charge in [0, 0.05) is 10.6 Å². The standard InChI is InChI=1S/C19H25N3O6/c1-18(2)24-10-13(26-18)14-15(16-17(25-14)28-19(3,4)27-16)23-9-11-7-5-6-8-12(11)21-22-20/h5-8,13-17H,9-10H2,1-4H3/t13-,14-,15+,16-,17-/m1/s1. The van der Waals surface area contributed by atoms with Crippen LogP contribution in [0.15, 0.2) is 29.4 Å². The molecule has 3 aliphatic rings. The monoisotopic (exact) mass is 391 g/mol. The molecule has 0 amide bonds. The zero-order valence-corrected chi connectivity index (χ0v) is 16.4. The molecular weight excluding hydrogens is 366 g/mol. The van der Waals surface area contributed by atoms with Crippen LogP contribution in [-0.4, -0.2) is 48.9 Å². The Hall–Kier alpha value is -1.71. The van der Waals surface area contributed by atoms with Crippen LogP contribution in [0.2, 0.25) is 0 Å². The average Bonchev–Trinajstić information content (AvgIpc) is 3.23. The predicted octanol–water partition coefficient (Wildman–Crippen LogP) is 3.54. The second-order valence-corrected chi connectivity index (χ2v) is 8.03. The van der Waals surface area contributed by atoms with E-state index in [1.54, 1.807) is 6.07 Å². The molecule has 4 rings (SSSR count). The first-order chi connectivity index (χ1) is 13.3. The van der Waals surface area contributed by atoms with E-state index in [1.807, 2.05) is 45.9 Å². The molecule has 9 heteroatoms. The van der Waals surface area contributed by atoms with Crippen molar-refractivity contribution in [2.45, 2.75) is 76.6 Å². The van der Waals surface area contributed by atoms with E-state index >= 15 is 0 Å². The van der Waals surface area contributed by atoms with Gasteiger partial charge in [0.1, 0.15) is 24.4 Å². The molecule has 1 aromatic carbocycles. The van der Waals surface area contributed by atoms with Gasteiger partial charge in [-0.2, -0.15) is 0 Å². The van der Waals surface area contributed by atoms with E-state index in [4.69, 9.17) is 34.0 Å². The van der Waals surface area contributed by atoms with Gasteiger partial charge in [0.15, 0.2) is 17.9 Å². The number of rotatable bonds is 5. The molecule has 0 spiro atoms. The van der Waals surface area contributed by atoms with E-state index < -0.39 is 30.1 Å². The summed E-state index contributed by atoms with van der Waals surface area (Å²) in [6.45, 7) is 8.06. The minimum absolute atomic E-state index is 0.240. The lowest BCUT2D eigenvalue weighted by molar-refractivity contribution is -0.236. The molecule has 0 N–H and O–H groups in total. The predicted molar refractivity (Wildman–Crippen MR) is 97.4 cm³/mol. The van der Waals surface area contributed by atoms with Crippen molar-refractivity contribution < 1.29 is 28.4 Å². The zero-order chi connectivity index (χ0) is 19.9. The fraction of sp³-hybridized carbons (Fsp3) is 0.684. The van der Waals surface area contributed by atoms with Crippen molar-refractivity contribution in [1.82, 2.24) is 0 Å². The minimum Gasteiger partial charge on any atom is -0.368 e. The number of hydrogen-bond acceptors (Lipinski definition) is 7. The average molecular weight is 391 g/mol. The quantitative estimate of drug-likeness (QED) is 0.432. The lowest BCUT2D eigenvalue weighted by Gasteiger charge is -2.29. The van der Waals surface area contributed by atoms with E-state index in [2.05, 4.69) is 10.0 Å². The summed E-state index contributed by atoms with van der Waals surface area (Å²) < 4.78 is 35.9. The van der Waals surface area contributed by atoms with Crippen molar-refractivity contribution >= 4 is 5.69 Å². The van der Waals surface area contributed by atoms with Gasteiger partial charge in [0.25, 0.3) is 0 Å². The van der Waals surface area contributed by atoms with Gasteiger partial charge in [-0.15, -0.1) is 0 Å². The van der Waals surface area contributed by atoms with Crippen molar-refractivity contribution in [3.8, 4) is 0 Å². The number of ether oxygens (including phenoxy) is 6. The van der Waals surface area contributed by atoms with Crippen molar-refractivity contribution in [2.24, 2.45) is 5.11 Å². The summed E-state index contributed by atoms with van der Waals surface area (Å²) in [5, 5.41) is 3.73. The number of hydrogen-bond donors (Lipinski definition) is 0. The largest absolute Gasteiger partial charge is 0.368 e. The molecule has 3 heterocycles. The van der Waals surface area contributed by atoms with Gasteiger partial charge in [-0.1, -0.05) is 29.4 Å². The van der Waals surface area contributed by atoms with Gasteiger partial charge in [0.05, 0.1) is 13.2 Å². The molecular formula is C19H25N3O6. The Morgan fingerprint density at radius 3 is 2.61 bits per heavy atom. The summed E-state index contributed by atoms with van der Waals surface area (Å²) in [5.74, 6) is -1.43. The summed E-state index contributed by atoms with van der Waals surface area (Å²) in [6.07, 6.45) is -2.05. The minimum atomic E-state index is -0.753. The molecule has 1 aromatic rings. The highest BCUT2D eigenvalue weighted by Gasteiger charge is 2.58. The lowest BCUT2D eigenvalue weighted by Crippen LogP contribution is -2.44. The molecule has 0 saturated carbocycles. The van der Waals surface area contributed by atoms with Crippen LogP contribution in [0.25, 0.3) is 10.4 Å². The van der Waals surface area contributed by atoms with Gasteiger partial charge >= 0.3 is 0 Å². The van der Waals surface area contributed by atoms with Crippen LogP contribution in [0, 0.1) is 0 Å². The second-order valence-electron chi connectivity index (χ2n) is 8.03. The topological polar surface area (TPSA) is 104 Å². The molecule has 5 atom stereocenters. The van der Waals surface area contributed by atoms with Crippen LogP contribution in [0.4, 0.5) is 5.69 Å². The SMILES string of the molecule is CC1(C)O[C@H]2O[C@H]([C@H]3COC(C)(C)O3)[C@H](OCc3ccccc3N=[N+]=[N-])[C@H]2O1. The van der Waals surface area contributed by atoms with Crippen molar-refractivity contribution in [1.29, 1.82) is 0 Å². The number of nitrogens with zero attached hydrogens (tertiary/aromatic N) is 3. The molecule has 0 aromatic heterocycles. The molecule has 9 nitrogen and oxygen atoms in total. The van der Waals surface area contributed by atoms with E-state index in [0.29, 0.717) is 12.3 Å². The third kappa shape index (κ3) is 3.88. The summed E-state index contributed by atoms with van der Waals surface area (Å²) in [5.41, 5.74) is 10.1. The zero-order valence-electron chi connectivity index (χ0n) is 16.4. The smallest absolute Gasteiger partial charge is 0.190 e. The Kier molecular flexibility index (Phi) is 5.09. The maximum Gasteiger partial charge on any atom is 0.190 e. The van der Waals surface area contributed by atoms with E-state index in [-0.39, 0.29) is 18.8 Å². The highest BCUT2D eigenvalue weighted by molar-refractivity contribution is 5.45. The van der Waals surface area contributed by atoms with Crippen molar-refractivity contribution in [3.63, 3.8) is 0 Å². The fourth-order valence-corrected chi connectivity index (χ4v) is 3.84. The van der Waals surface area contributed by atoms with E-state index in [9.17, 15) is 0 Å². The first-order valence-corrected chi connectivity index (χ1v) is 9.35. The van der Waals surface area contributed by atoms with E-state index in [0.717, 1.165) is 5.56 Å². The maximum absolute atomic E-state index is 8.77. The summed E-state index contributed by atoms with van der Waals surface area (Å²) >= 11 is 0. The molecule has 0 radical (unpaired) electrons. The molecule has 0 bridgehead atoms. The molecule has 28 heavy (non-hydrogen) atoms. The van der Waals surface area contributed by atoms with Gasteiger partial charge in [-0.05, 0) is 38.8 Å². The van der Waals surface area contributed by atoms with E-state index in [1.165, 1.54) is 0 Å². The van der Waals surface area contributed by atoms with Gasteiger partial charge in [-0.25, -0.2) is 0 Å². The van der Waals surface area contributed by atoms with Crippen molar-refractivity contribution in [2.75, 3.05) is 6.61 Å². The Labute approximate surface area is 163 Å². The van der Waals surface area contributed by atoms with Crippen LogP contribution >= 0.6 is 0 Å². The Bertz CT molecular complexity index is 779.